The number of hydrogen-bond donors (Lipinski definition) is 1. The molecule has 28 heavy (non-hydrogen) atoms. The topological polar surface area (TPSA) is 116 Å². The maximum absolute atomic E-state index is 12.5. The molecule has 8 heteroatoms. The van der Waals surface area contributed by atoms with Crippen molar-refractivity contribution in [1.82, 2.24) is 0 Å². The van der Waals surface area contributed by atoms with Crippen LogP contribution in [0.15, 0.2) is 42.5 Å². The number of carbonyl (C=O) groups excluding carboxylic acids is 3. The number of rotatable bonds is 8. The number of esters is 3. The van der Waals surface area contributed by atoms with Gasteiger partial charge in [-0.25, -0.2) is 4.79 Å². The number of ether oxygens (including phenoxy) is 3. The Hall–Kier alpha value is -3.26. The minimum absolute atomic E-state index is 0.0821. The van der Waals surface area contributed by atoms with Crippen molar-refractivity contribution in [2.24, 2.45) is 0 Å². The summed E-state index contributed by atoms with van der Waals surface area (Å²) in [5, 5.41) is 11.1. The molecule has 148 valence electrons. The lowest BCUT2D eigenvalue weighted by molar-refractivity contribution is -0.180. The highest BCUT2D eigenvalue weighted by atomic mass is 16.6. The van der Waals surface area contributed by atoms with Gasteiger partial charge in [-0.2, -0.15) is 0 Å². The lowest BCUT2D eigenvalue weighted by atomic mass is 9.95. The zero-order valence-corrected chi connectivity index (χ0v) is 15.5. The fraction of sp³-hybridized carbons (Fsp3) is 0.300. The van der Waals surface area contributed by atoms with E-state index in [1.165, 1.54) is 6.92 Å². The van der Waals surface area contributed by atoms with Gasteiger partial charge in [-0.15, -0.1) is 0 Å². The predicted molar refractivity (Wildman–Crippen MR) is 97.6 cm³/mol. The molecular formula is C20H20O8. The molecule has 0 amide bonds. The Kier molecular flexibility index (Phi) is 6.84. The van der Waals surface area contributed by atoms with E-state index in [2.05, 4.69) is 4.74 Å². The summed E-state index contributed by atoms with van der Waals surface area (Å²) in [6.45, 7) is 2.45. The highest BCUT2D eigenvalue weighted by molar-refractivity contribution is 5.94. The van der Waals surface area contributed by atoms with E-state index >= 15 is 0 Å². The summed E-state index contributed by atoms with van der Waals surface area (Å²) < 4.78 is 15.0. The van der Waals surface area contributed by atoms with Crippen LogP contribution >= 0.6 is 0 Å². The number of aliphatic carboxylic acids is 1. The lowest BCUT2D eigenvalue weighted by Crippen LogP contribution is -2.46. The monoisotopic (exact) mass is 388 g/mol. The Labute approximate surface area is 161 Å². The van der Waals surface area contributed by atoms with E-state index in [1.54, 1.807) is 24.3 Å². The fourth-order valence-electron chi connectivity index (χ4n) is 2.76. The van der Waals surface area contributed by atoms with E-state index in [1.807, 2.05) is 18.2 Å². The van der Waals surface area contributed by atoms with Crippen molar-refractivity contribution in [3.05, 3.63) is 42.5 Å². The molecule has 2 aromatic rings. The average molecular weight is 388 g/mol. The van der Waals surface area contributed by atoms with Gasteiger partial charge in [0.25, 0.3) is 0 Å². The normalized spacial score (nSPS) is 12.8. The van der Waals surface area contributed by atoms with Crippen LogP contribution in [0.3, 0.4) is 0 Å². The van der Waals surface area contributed by atoms with Crippen molar-refractivity contribution in [2.45, 2.75) is 32.3 Å². The second-order valence-electron chi connectivity index (χ2n) is 6.00. The number of carboxylic acid groups (broad SMARTS) is 1. The fourth-order valence-corrected chi connectivity index (χ4v) is 2.76. The first-order valence-electron chi connectivity index (χ1n) is 8.54. The molecule has 0 aromatic heterocycles. The van der Waals surface area contributed by atoms with E-state index < -0.39 is 42.3 Å². The van der Waals surface area contributed by atoms with Crippen LogP contribution in [0.25, 0.3) is 10.8 Å². The second kappa shape index (κ2) is 9.09. The van der Waals surface area contributed by atoms with Crippen LogP contribution in [0.2, 0.25) is 0 Å². The number of fused-ring (bicyclic) bond motifs is 1. The van der Waals surface area contributed by atoms with E-state index in [9.17, 15) is 24.3 Å². The Morgan fingerprint density at radius 2 is 1.61 bits per heavy atom. The van der Waals surface area contributed by atoms with E-state index in [0.717, 1.165) is 12.3 Å². The first-order valence-corrected chi connectivity index (χ1v) is 8.54. The van der Waals surface area contributed by atoms with Crippen LogP contribution in [-0.2, 0) is 28.7 Å². The molecule has 0 spiro atoms. The number of carboxylic acids is 1. The van der Waals surface area contributed by atoms with Crippen LogP contribution in [0.5, 0.6) is 5.75 Å². The predicted octanol–water partition coefficient (Wildman–Crippen LogP) is 2.48. The first kappa shape index (κ1) is 21.0. The number of carbonyl (C=O) groups is 4. The Morgan fingerprint density at radius 3 is 2.25 bits per heavy atom. The van der Waals surface area contributed by atoms with Crippen molar-refractivity contribution < 1.29 is 38.5 Å². The van der Waals surface area contributed by atoms with Crippen molar-refractivity contribution in [3.63, 3.8) is 0 Å². The molecule has 0 heterocycles. The van der Waals surface area contributed by atoms with Crippen LogP contribution < -0.4 is 4.74 Å². The molecule has 0 bridgehead atoms. The minimum Gasteiger partial charge on any atom is -0.479 e. The smallest absolute Gasteiger partial charge is 0.337 e. The SMILES string of the molecule is CCOC(CC(=O)OC(C)=O)(CC(=O)Oc1cccc2ccccc12)C(=O)O. The highest BCUT2D eigenvalue weighted by Gasteiger charge is 2.45. The Morgan fingerprint density at radius 1 is 0.964 bits per heavy atom. The average Bonchev–Trinajstić information content (AvgIpc) is 2.61. The van der Waals surface area contributed by atoms with Crippen molar-refractivity contribution in [2.75, 3.05) is 6.61 Å². The third kappa shape index (κ3) is 5.14. The maximum atomic E-state index is 12.5. The molecule has 2 rings (SSSR count). The van der Waals surface area contributed by atoms with Crippen molar-refractivity contribution >= 4 is 34.6 Å². The summed E-state index contributed by atoms with van der Waals surface area (Å²) in [5.41, 5.74) is -2.21. The summed E-state index contributed by atoms with van der Waals surface area (Å²) in [4.78, 5) is 47.0. The van der Waals surface area contributed by atoms with E-state index in [-0.39, 0.29) is 12.4 Å². The molecule has 1 atom stereocenters. The highest BCUT2D eigenvalue weighted by Crippen LogP contribution is 2.28. The lowest BCUT2D eigenvalue weighted by Gasteiger charge is -2.27. The quantitative estimate of drug-likeness (QED) is 0.416. The third-order valence-corrected chi connectivity index (χ3v) is 3.90. The van der Waals surface area contributed by atoms with Crippen molar-refractivity contribution in [3.8, 4) is 5.75 Å². The Balaban J connectivity index is 2.24. The van der Waals surface area contributed by atoms with Gasteiger partial charge in [0.1, 0.15) is 5.75 Å². The minimum atomic E-state index is -2.21. The molecule has 0 aliphatic carbocycles. The van der Waals surface area contributed by atoms with Gasteiger partial charge in [0.15, 0.2) is 5.60 Å². The molecule has 2 aromatic carbocycles. The zero-order chi connectivity index (χ0) is 20.7. The zero-order valence-electron chi connectivity index (χ0n) is 15.5. The molecule has 0 saturated heterocycles. The molecule has 0 aliphatic heterocycles. The molecular weight excluding hydrogens is 368 g/mol. The molecule has 1 unspecified atom stereocenters. The standard InChI is InChI=1S/C20H20O8/c1-3-26-20(19(24)25,11-17(22)27-13(2)21)12-18(23)28-16-10-6-8-14-7-4-5-9-15(14)16/h4-10H,3,11-12H2,1-2H3,(H,24,25). The van der Waals surface area contributed by atoms with Crippen LogP contribution in [0.4, 0.5) is 0 Å². The van der Waals surface area contributed by atoms with Crippen LogP contribution in [0, 0.1) is 0 Å². The van der Waals surface area contributed by atoms with E-state index in [0.29, 0.717) is 5.39 Å². The third-order valence-electron chi connectivity index (χ3n) is 3.90. The summed E-state index contributed by atoms with van der Waals surface area (Å²) in [7, 11) is 0. The first-order chi connectivity index (χ1) is 13.3. The summed E-state index contributed by atoms with van der Waals surface area (Å²) in [6, 6.07) is 12.3. The van der Waals surface area contributed by atoms with Crippen LogP contribution in [0.1, 0.15) is 26.7 Å². The van der Waals surface area contributed by atoms with Crippen LogP contribution in [-0.4, -0.2) is 41.2 Å². The maximum Gasteiger partial charge on any atom is 0.337 e. The summed E-state index contributed by atoms with van der Waals surface area (Å²) in [5.74, 6) is -4.18. The molecule has 0 saturated carbocycles. The van der Waals surface area contributed by atoms with Gasteiger partial charge in [0.2, 0.25) is 0 Å². The van der Waals surface area contributed by atoms with Crippen molar-refractivity contribution in [1.29, 1.82) is 0 Å². The van der Waals surface area contributed by atoms with Gasteiger partial charge in [0.05, 0.1) is 12.8 Å². The molecule has 8 nitrogen and oxygen atoms in total. The number of benzene rings is 2. The molecule has 0 radical (unpaired) electrons. The second-order valence-corrected chi connectivity index (χ2v) is 6.00. The van der Waals surface area contributed by atoms with Gasteiger partial charge < -0.3 is 19.3 Å². The molecule has 1 N–H and O–H groups in total. The Bertz CT molecular complexity index is 899. The van der Waals surface area contributed by atoms with E-state index in [4.69, 9.17) is 9.47 Å². The summed E-state index contributed by atoms with van der Waals surface area (Å²) >= 11 is 0. The molecule has 0 aliphatic rings. The van der Waals surface area contributed by atoms with Gasteiger partial charge in [-0.1, -0.05) is 36.4 Å². The van der Waals surface area contributed by atoms with Gasteiger partial charge in [-0.3, -0.25) is 14.4 Å². The largest absolute Gasteiger partial charge is 0.479 e. The van der Waals surface area contributed by atoms with Gasteiger partial charge in [-0.05, 0) is 18.4 Å². The molecule has 0 fully saturated rings. The van der Waals surface area contributed by atoms with Gasteiger partial charge >= 0.3 is 23.9 Å². The van der Waals surface area contributed by atoms with Gasteiger partial charge in [0, 0.05) is 18.9 Å². The summed E-state index contributed by atoms with van der Waals surface area (Å²) in [6.07, 6.45) is -1.56. The number of hydrogen-bond acceptors (Lipinski definition) is 7.